The predicted octanol–water partition coefficient (Wildman–Crippen LogP) is 6.12. The fraction of sp³-hybridized carbons (Fsp3) is 0.310. The summed E-state index contributed by atoms with van der Waals surface area (Å²) < 4.78 is 42.9. The summed E-state index contributed by atoms with van der Waals surface area (Å²) in [6.07, 6.45) is -1.08. The van der Waals surface area contributed by atoms with Gasteiger partial charge in [-0.05, 0) is 40.4 Å². The van der Waals surface area contributed by atoms with Gasteiger partial charge >= 0.3 is 6.11 Å². The topological polar surface area (TPSA) is 34.4 Å². The minimum absolute atomic E-state index is 0.190. The van der Waals surface area contributed by atoms with Gasteiger partial charge in [0.05, 0.1) is 12.8 Å². The molecule has 1 unspecified atom stereocenters. The Labute approximate surface area is 207 Å². The highest BCUT2D eigenvalue weighted by Crippen LogP contribution is 2.40. The first-order chi connectivity index (χ1) is 16.6. The van der Waals surface area contributed by atoms with Crippen LogP contribution < -0.4 is 15.7 Å². The van der Waals surface area contributed by atoms with E-state index < -0.39 is 26.0 Å². The first kappa shape index (κ1) is 25.3. The van der Waals surface area contributed by atoms with E-state index in [1.807, 2.05) is 113 Å². The summed E-state index contributed by atoms with van der Waals surface area (Å²) in [6.45, 7) is 7.31. The maximum atomic E-state index is 15.6. The zero-order valence-electron chi connectivity index (χ0n) is 20.7. The average molecular weight is 494 g/mol. The summed E-state index contributed by atoms with van der Waals surface area (Å²) >= 11 is 0. The van der Waals surface area contributed by atoms with Crippen LogP contribution in [0.4, 0.5) is 8.78 Å². The Hall–Kier alpha value is -2.80. The Balaban J connectivity index is 1.57. The highest BCUT2D eigenvalue weighted by atomic mass is 28.4. The van der Waals surface area contributed by atoms with E-state index in [0.717, 1.165) is 26.9 Å². The zero-order chi connectivity index (χ0) is 25.1. The minimum atomic E-state index is -3.36. The first-order valence-electron chi connectivity index (χ1n) is 12.0. The number of rotatable bonds is 9. The molecule has 1 aromatic heterocycles. The molecule has 0 aliphatic heterocycles. The summed E-state index contributed by atoms with van der Waals surface area (Å²) in [5, 5.41) is 5.15. The molecule has 0 bridgehead atoms. The van der Waals surface area contributed by atoms with Crippen molar-refractivity contribution >= 4 is 29.7 Å². The Morgan fingerprint density at radius 1 is 0.857 bits per heavy atom. The van der Waals surface area contributed by atoms with Crippen LogP contribution in [0.15, 0.2) is 95.6 Å². The van der Waals surface area contributed by atoms with E-state index in [2.05, 4.69) is 5.32 Å². The van der Waals surface area contributed by atoms with E-state index in [1.165, 1.54) is 0 Å². The molecule has 1 atom stereocenters. The van der Waals surface area contributed by atoms with Crippen molar-refractivity contribution in [3.8, 4) is 0 Å². The van der Waals surface area contributed by atoms with E-state index in [4.69, 9.17) is 8.84 Å². The lowest BCUT2D eigenvalue weighted by Gasteiger charge is -2.44. The van der Waals surface area contributed by atoms with Gasteiger partial charge in [0.1, 0.15) is 5.58 Å². The molecule has 0 saturated carbocycles. The number of hydrogen-bond donors (Lipinski definition) is 1. The number of nitrogens with one attached hydrogen (secondary N) is 1. The van der Waals surface area contributed by atoms with Gasteiger partial charge in [-0.3, -0.25) is 0 Å². The largest absolute Gasteiger partial charge is 0.464 e. The van der Waals surface area contributed by atoms with Crippen molar-refractivity contribution in [2.75, 3.05) is 6.54 Å². The molecule has 6 heteroatoms. The van der Waals surface area contributed by atoms with Crippen molar-refractivity contribution < 1.29 is 17.6 Å². The van der Waals surface area contributed by atoms with Crippen LogP contribution in [0.2, 0.25) is 5.04 Å². The van der Waals surface area contributed by atoms with E-state index in [-0.39, 0.29) is 6.04 Å². The lowest BCUT2D eigenvalue weighted by atomic mass is 10.1. The molecule has 0 aliphatic rings. The van der Waals surface area contributed by atoms with Gasteiger partial charge in [0.15, 0.2) is 0 Å². The lowest BCUT2D eigenvalue weighted by molar-refractivity contribution is -0.179. The Morgan fingerprint density at radius 3 is 1.97 bits per heavy atom. The summed E-state index contributed by atoms with van der Waals surface area (Å²) in [7, 11) is -3.36. The highest BCUT2D eigenvalue weighted by Gasteiger charge is 2.55. The van der Waals surface area contributed by atoms with Gasteiger partial charge in [-0.15, -0.1) is 0 Å². The number of halogens is 2. The second-order valence-corrected chi connectivity index (χ2v) is 14.4. The van der Waals surface area contributed by atoms with Crippen molar-refractivity contribution in [2.24, 2.45) is 0 Å². The maximum Gasteiger partial charge on any atom is 0.359 e. The number of benzene rings is 3. The van der Waals surface area contributed by atoms with Gasteiger partial charge in [-0.25, -0.2) is 0 Å². The predicted molar refractivity (Wildman–Crippen MR) is 141 cm³/mol. The smallest absolute Gasteiger partial charge is 0.359 e. The standard InChI is InChI=1S/C29H33F2NO2Si/c1-22(19-23-20-33-27-18-12-11-17-26(23)27)32-21-29(30,31)34-35(28(2,3)4,24-13-7-5-8-14-24)25-15-9-6-10-16-25/h5-18,20,22,32H,19,21H2,1-4H3. The van der Waals surface area contributed by atoms with Crippen LogP contribution in [-0.2, 0) is 10.8 Å². The molecule has 3 nitrogen and oxygen atoms in total. The monoisotopic (exact) mass is 493 g/mol. The second kappa shape index (κ2) is 10.1. The van der Waals surface area contributed by atoms with Gasteiger partial charge in [-0.1, -0.05) is 99.6 Å². The first-order valence-corrected chi connectivity index (χ1v) is 13.9. The van der Waals surface area contributed by atoms with Gasteiger partial charge < -0.3 is 14.2 Å². The van der Waals surface area contributed by atoms with Crippen LogP contribution in [0.3, 0.4) is 0 Å². The van der Waals surface area contributed by atoms with Crippen molar-refractivity contribution in [1.29, 1.82) is 0 Å². The van der Waals surface area contributed by atoms with Crippen LogP contribution in [0.25, 0.3) is 11.0 Å². The molecule has 1 N–H and O–H groups in total. The van der Waals surface area contributed by atoms with Gasteiger partial charge in [0.2, 0.25) is 0 Å². The molecular weight excluding hydrogens is 460 g/mol. The van der Waals surface area contributed by atoms with Gasteiger partial charge in [0.25, 0.3) is 8.32 Å². The molecule has 0 radical (unpaired) electrons. The van der Waals surface area contributed by atoms with Crippen LogP contribution in [0.1, 0.15) is 33.3 Å². The molecule has 0 amide bonds. The zero-order valence-corrected chi connectivity index (χ0v) is 21.7. The fourth-order valence-electron chi connectivity index (χ4n) is 4.80. The summed E-state index contributed by atoms with van der Waals surface area (Å²) in [5.41, 5.74) is 1.80. The van der Waals surface area contributed by atoms with Crippen molar-refractivity contribution in [3.05, 3.63) is 96.8 Å². The van der Waals surface area contributed by atoms with E-state index in [1.54, 1.807) is 6.26 Å². The average Bonchev–Trinajstić information content (AvgIpc) is 3.24. The third-order valence-corrected chi connectivity index (χ3v) is 11.5. The maximum absolute atomic E-state index is 15.6. The van der Waals surface area contributed by atoms with E-state index in [0.29, 0.717) is 6.42 Å². The molecule has 1 heterocycles. The van der Waals surface area contributed by atoms with Gasteiger partial charge in [0, 0.05) is 11.4 Å². The van der Waals surface area contributed by atoms with Crippen LogP contribution in [-0.4, -0.2) is 27.0 Å². The SMILES string of the molecule is CC(Cc1coc2ccccc12)NCC(F)(F)O[Si](c1ccccc1)(c1ccccc1)C(C)(C)C. The second-order valence-electron chi connectivity index (χ2n) is 10.1. The van der Waals surface area contributed by atoms with Crippen molar-refractivity contribution in [3.63, 3.8) is 0 Å². The number of hydrogen-bond acceptors (Lipinski definition) is 3. The molecule has 3 aromatic carbocycles. The number of para-hydroxylation sites is 1. The number of fused-ring (bicyclic) bond motifs is 1. The van der Waals surface area contributed by atoms with E-state index in [9.17, 15) is 0 Å². The summed E-state index contributed by atoms with van der Waals surface area (Å²) in [6, 6.07) is 26.6. The third-order valence-electron chi connectivity index (χ3n) is 6.46. The van der Waals surface area contributed by atoms with Crippen molar-refractivity contribution in [2.45, 2.75) is 51.3 Å². The summed E-state index contributed by atoms with van der Waals surface area (Å²) in [5.74, 6) is 0. The third kappa shape index (κ3) is 5.40. The molecule has 0 fully saturated rings. The Kier molecular flexibility index (Phi) is 7.26. The highest BCUT2D eigenvalue weighted by molar-refractivity contribution is 6.99. The molecule has 184 valence electrons. The number of alkyl halides is 2. The molecule has 0 aliphatic carbocycles. The molecule has 0 saturated heterocycles. The van der Waals surface area contributed by atoms with Crippen LogP contribution >= 0.6 is 0 Å². The van der Waals surface area contributed by atoms with Crippen LogP contribution in [0, 0.1) is 0 Å². The minimum Gasteiger partial charge on any atom is -0.464 e. The van der Waals surface area contributed by atoms with Crippen molar-refractivity contribution in [1.82, 2.24) is 5.32 Å². The fourth-order valence-corrected chi connectivity index (χ4v) is 9.25. The normalized spacial score (nSPS) is 13.8. The van der Waals surface area contributed by atoms with Gasteiger partial charge in [-0.2, -0.15) is 8.78 Å². The summed E-state index contributed by atoms with van der Waals surface area (Å²) in [4.78, 5) is 0. The Morgan fingerprint density at radius 2 is 1.40 bits per heavy atom. The van der Waals surface area contributed by atoms with Crippen LogP contribution in [0.5, 0.6) is 0 Å². The molecule has 4 rings (SSSR count). The molecule has 35 heavy (non-hydrogen) atoms. The molecule has 0 spiro atoms. The Bertz CT molecular complexity index is 1200. The number of furan rings is 1. The molecule has 4 aromatic rings. The molecular formula is C29H33F2NO2Si. The lowest BCUT2D eigenvalue weighted by Crippen LogP contribution is -2.69. The van der Waals surface area contributed by atoms with E-state index >= 15 is 8.78 Å². The quantitative estimate of drug-likeness (QED) is 0.285.